The molecule has 0 fully saturated rings. The van der Waals surface area contributed by atoms with Crippen LogP contribution in [0, 0.1) is 5.41 Å². The second kappa shape index (κ2) is 9.37. The summed E-state index contributed by atoms with van der Waals surface area (Å²) in [6.45, 7) is 10.9. The Morgan fingerprint density at radius 2 is 1.73 bits per heavy atom. The summed E-state index contributed by atoms with van der Waals surface area (Å²) in [7, 11) is 0. The van der Waals surface area contributed by atoms with E-state index in [1.165, 1.54) is 36.0 Å². The van der Waals surface area contributed by atoms with Crippen molar-refractivity contribution in [3.63, 3.8) is 0 Å². The zero-order chi connectivity index (χ0) is 15.9. The molecule has 3 N–H and O–H groups in total. The van der Waals surface area contributed by atoms with Gasteiger partial charge in [0.1, 0.15) is 6.29 Å². The first-order valence-corrected chi connectivity index (χ1v) is 7.72. The smallest absolute Gasteiger partial charge is 0.143 e. The Hall–Kier alpha value is -1.67. The summed E-state index contributed by atoms with van der Waals surface area (Å²) in [6, 6.07) is 0. The third kappa shape index (κ3) is 6.40. The van der Waals surface area contributed by atoms with Crippen LogP contribution in [0.4, 0.5) is 0 Å². The number of hydrogen-bond donors (Lipinski definition) is 1. The highest BCUT2D eigenvalue weighted by Gasteiger charge is 2.26. The lowest BCUT2D eigenvalue weighted by molar-refractivity contribution is -0.104. The maximum Gasteiger partial charge on any atom is 0.143 e. The maximum atomic E-state index is 10.3. The highest BCUT2D eigenvalue weighted by Crippen LogP contribution is 2.40. The van der Waals surface area contributed by atoms with Crippen molar-refractivity contribution in [1.29, 1.82) is 0 Å². The van der Waals surface area contributed by atoms with Gasteiger partial charge in [0.2, 0.25) is 0 Å². The zero-order valence-corrected chi connectivity index (χ0v) is 14.8. The van der Waals surface area contributed by atoms with Gasteiger partial charge in [-0.3, -0.25) is 4.79 Å². The average molecular weight is 301 g/mol. The van der Waals surface area contributed by atoms with Crippen molar-refractivity contribution in [3.05, 3.63) is 58.7 Å². The number of rotatable bonds is 5. The van der Waals surface area contributed by atoms with E-state index in [0.29, 0.717) is 0 Å². The van der Waals surface area contributed by atoms with Crippen molar-refractivity contribution < 1.29 is 4.79 Å². The summed E-state index contributed by atoms with van der Waals surface area (Å²) in [5, 5.41) is 0. The normalized spacial score (nSPS) is 19.7. The molecule has 0 aromatic carbocycles. The SMILES string of the molecule is CC1=C(/C=C/C(C)=C/C=C/C(C)=C/C=O)C(C)(C)CCC1.N. The number of allylic oxidation sites excluding steroid dienone is 10. The summed E-state index contributed by atoms with van der Waals surface area (Å²) < 4.78 is 0. The van der Waals surface area contributed by atoms with Gasteiger partial charge in [0, 0.05) is 0 Å². The number of carbonyl (C=O) groups is 1. The fourth-order valence-electron chi connectivity index (χ4n) is 2.80. The molecule has 1 aliphatic rings. The van der Waals surface area contributed by atoms with Gasteiger partial charge in [-0.2, -0.15) is 0 Å². The van der Waals surface area contributed by atoms with Crippen molar-refractivity contribution in [1.82, 2.24) is 6.15 Å². The molecule has 0 radical (unpaired) electrons. The van der Waals surface area contributed by atoms with Crippen LogP contribution in [0.15, 0.2) is 58.7 Å². The van der Waals surface area contributed by atoms with Crippen LogP contribution in [0.3, 0.4) is 0 Å². The van der Waals surface area contributed by atoms with E-state index in [0.717, 1.165) is 11.9 Å². The lowest BCUT2D eigenvalue weighted by Crippen LogP contribution is -2.19. The van der Waals surface area contributed by atoms with Gasteiger partial charge in [-0.05, 0) is 62.7 Å². The van der Waals surface area contributed by atoms with Crippen molar-refractivity contribution in [3.8, 4) is 0 Å². The van der Waals surface area contributed by atoms with Crippen molar-refractivity contribution in [2.45, 2.75) is 53.9 Å². The van der Waals surface area contributed by atoms with Crippen molar-refractivity contribution in [2.24, 2.45) is 5.41 Å². The lowest BCUT2D eigenvalue weighted by atomic mass is 9.72. The molecule has 1 rings (SSSR count). The molecule has 0 aliphatic heterocycles. The largest absolute Gasteiger partial charge is 0.344 e. The van der Waals surface area contributed by atoms with Crippen LogP contribution >= 0.6 is 0 Å². The summed E-state index contributed by atoms with van der Waals surface area (Å²) in [4.78, 5) is 10.3. The molecule has 1 aliphatic carbocycles. The fraction of sp³-hybridized carbons (Fsp3) is 0.450. The second-order valence-corrected chi connectivity index (χ2v) is 6.58. The van der Waals surface area contributed by atoms with E-state index >= 15 is 0 Å². The molecule has 0 unspecified atom stereocenters. The predicted octanol–water partition coefficient (Wildman–Crippen LogP) is 5.88. The van der Waals surface area contributed by atoms with Gasteiger partial charge < -0.3 is 6.15 Å². The number of carbonyl (C=O) groups excluding carboxylic acids is 1. The van der Waals surface area contributed by atoms with Crippen LogP contribution in [0.5, 0.6) is 0 Å². The molecular formula is C20H31NO. The minimum Gasteiger partial charge on any atom is -0.344 e. The van der Waals surface area contributed by atoms with Crippen LogP contribution in [-0.2, 0) is 4.79 Å². The first-order chi connectivity index (χ1) is 9.86. The maximum absolute atomic E-state index is 10.3. The summed E-state index contributed by atoms with van der Waals surface area (Å²) in [6.07, 6.45) is 16.6. The fourth-order valence-corrected chi connectivity index (χ4v) is 2.80. The molecule has 0 aromatic rings. The minimum atomic E-state index is 0. The van der Waals surface area contributed by atoms with E-state index < -0.39 is 0 Å². The topological polar surface area (TPSA) is 52.1 Å². The van der Waals surface area contributed by atoms with Gasteiger partial charge in [-0.25, -0.2) is 0 Å². The van der Waals surface area contributed by atoms with E-state index in [4.69, 9.17) is 0 Å². The Balaban J connectivity index is 0.00000441. The summed E-state index contributed by atoms with van der Waals surface area (Å²) in [5.41, 5.74) is 5.48. The molecule has 0 saturated heterocycles. The molecule has 0 atom stereocenters. The number of hydrogen-bond acceptors (Lipinski definition) is 2. The van der Waals surface area contributed by atoms with E-state index in [1.807, 2.05) is 19.1 Å². The Bertz CT molecular complexity index is 528. The first-order valence-electron chi connectivity index (χ1n) is 7.72. The molecule has 122 valence electrons. The third-order valence-corrected chi connectivity index (χ3v) is 4.10. The molecule has 0 spiro atoms. The molecule has 22 heavy (non-hydrogen) atoms. The lowest BCUT2D eigenvalue weighted by Gasteiger charge is -2.32. The monoisotopic (exact) mass is 301 g/mol. The average Bonchev–Trinajstić information content (AvgIpc) is 2.37. The van der Waals surface area contributed by atoms with Crippen LogP contribution < -0.4 is 6.15 Å². The van der Waals surface area contributed by atoms with E-state index in [1.54, 1.807) is 6.08 Å². The molecule has 0 saturated carbocycles. The van der Waals surface area contributed by atoms with Crippen LogP contribution in [-0.4, -0.2) is 6.29 Å². The van der Waals surface area contributed by atoms with Crippen LogP contribution in [0.25, 0.3) is 0 Å². The molecule has 0 amide bonds. The second-order valence-electron chi connectivity index (χ2n) is 6.58. The van der Waals surface area contributed by atoms with Gasteiger partial charge in [-0.15, -0.1) is 0 Å². The van der Waals surface area contributed by atoms with Gasteiger partial charge in [0.05, 0.1) is 0 Å². The number of aldehydes is 1. The third-order valence-electron chi connectivity index (χ3n) is 4.10. The summed E-state index contributed by atoms with van der Waals surface area (Å²) in [5.74, 6) is 0. The van der Waals surface area contributed by atoms with E-state index in [-0.39, 0.29) is 11.6 Å². The minimum absolute atomic E-state index is 0. The molecule has 0 bridgehead atoms. The van der Waals surface area contributed by atoms with Gasteiger partial charge >= 0.3 is 0 Å². The van der Waals surface area contributed by atoms with E-state index in [9.17, 15) is 4.79 Å². The van der Waals surface area contributed by atoms with Gasteiger partial charge in [0.15, 0.2) is 0 Å². The van der Waals surface area contributed by atoms with Crippen molar-refractivity contribution in [2.75, 3.05) is 0 Å². The predicted molar refractivity (Wildman–Crippen MR) is 97.2 cm³/mol. The first kappa shape index (κ1) is 20.3. The molecule has 2 heteroatoms. The Morgan fingerprint density at radius 3 is 2.32 bits per heavy atom. The van der Waals surface area contributed by atoms with Crippen LogP contribution in [0.1, 0.15) is 53.9 Å². The van der Waals surface area contributed by atoms with Gasteiger partial charge in [-0.1, -0.05) is 55.4 Å². The molecule has 0 aromatic heterocycles. The highest BCUT2D eigenvalue weighted by molar-refractivity contribution is 5.66. The Labute approximate surface area is 136 Å². The van der Waals surface area contributed by atoms with E-state index in [2.05, 4.69) is 45.9 Å². The Morgan fingerprint density at radius 1 is 1.09 bits per heavy atom. The van der Waals surface area contributed by atoms with Crippen LogP contribution in [0.2, 0.25) is 0 Å². The molecule has 2 nitrogen and oxygen atoms in total. The quantitative estimate of drug-likeness (QED) is 0.391. The Kier molecular flexibility index (Phi) is 8.66. The van der Waals surface area contributed by atoms with Crippen molar-refractivity contribution >= 4 is 6.29 Å². The van der Waals surface area contributed by atoms with Gasteiger partial charge in [0.25, 0.3) is 0 Å². The molecular weight excluding hydrogens is 270 g/mol. The molecule has 0 heterocycles. The zero-order valence-electron chi connectivity index (χ0n) is 14.8. The summed E-state index contributed by atoms with van der Waals surface area (Å²) >= 11 is 0. The highest BCUT2D eigenvalue weighted by atomic mass is 16.1. The standard InChI is InChI=1S/C20H28O.H3N/c1-16(8-6-9-17(2)13-15-21)11-12-19-18(3)10-7-14-20(19,4)5;/h6,8-9,11-13,15H,7,10,14H2,1-5H3;1H3/b9-6+,12-11+,16-8+,17-13+;.